The molecular weight excluding hydrogens is 276 g/mol. The van der Waals surface area contributed by atoms with Gasteiger partial charge in [-0.3, -0.25) is 4.99 Å². The summed E-state index contributed by atoms with van der Waals surface area (Å²) in [5.74, 6) is 0.204. The molecule has 1 aromatic carbocycles. The highest BCUT2D eigenvalue weighted by Crippen LogP contribution is 2.16. The van der Waals surface area contributed by atoms with Crippen LogP contribution in [0.4, 0.5) is 5.69 Å². The Hall–Kier alpha value is -2.17. The summed E-state index contributed by atoms with van der Waals surface area (Å²) in [7, 11) is 0. The van der Waals surface area contributed by atoms with Gasteiger partial charge in [-0.05, 0) is 23.8 Å². The Kier molecular flexibility index (Phi) is 6.61. The Morgan fingerprint density at radius 1 is 1.05 bits per heavy atom. The summed E-state index contributed by atoms with van der Waals surface area (Å²) in [5, 5.41) is 18.1. The lowest BCUT2D eigenvalue weighted by Gasteiger charge is -2.22. The molecule has 22 heavy (non-hydrogen) atoms. The maximum absolute atomic E-state index is 9.07. The van der Waals surface area contributed by atoms with Gasteiger partial charge in [0.15, 0.2) is 0 Å². The predicted molar refractivity (Wildman–Crippen MR) is 92.1 cm³/mol. The zero-order valence-electron chi connectivity index (χ0n) is 12.5. The number of aliphatic imine (C=N–C) groups is 1. The molecule has 116 valence electrons. The van der Waals surface area contributed by atoms with Gasteiger partial charge in [-0.25, -0.2) is 0 Å². The number of nitrogens with zero attached hydrogens (tertiary/aromatic N) is 2. The van der Waals surface area contributed by atoms with Crippen LogP contribution in [0.25, 0.3) is 6.08 Å². The van der Waals surface area contributed by atoms with E-state index >= 15 is 0 Å². The molecular formula is C18H22N2O2. The fraction of sp³-hybridized carbons (Fsp3) is 0.278. The topological polar surface area (TPSA) is 56.1 Å². The van der Waals surface area contributed by atoms with Crippen LogP contribution in [-0.2, 0) is 0 Å². The van der Waals surface area contributed by atoms with E-state index < -0.39 is 0 Å². The third-order valence-corrected chi connectivity index (χ3v) is 3.38. The summed E-state index contributed by atoms with van der Waals surface area (Å²) >= 11 is 0. The first kappa shape index (κ1) is 16.2. The van der Waals surface area contributed by atoms with Gasteiger partial charge in [0.25, 0.3) is 0 Å². The van der Waals surface area contributed by atoms with Gasteiger partial charge in [0.2, 0.25) is 0 Å². The van der Waals surface area contributed by atoms with E-state index in [1.807, 2.05) is 47.5 Å². The highest BCUT2D eigenvalue weighted by atomic mass is 16.3. The second-order valence-corrected chi connectivity index (χ2v) is 4.99. The van der Waals surface area contributed by atoms with Crippen LogP contribution in [0.2, 0.25) is 0 Å². The minimum atomic E-state index is 0.0725. The Bertz CT molecular complexity index is 537. The van der Waals surface area contributed by atoms with Crippen LogP contribution >= 0.6 is 0 Å². The minimum absolute atomic E-state index is 0.0725. The number of hydrogen-bond acceptors (Lipinski definition) is 4. The Morgan fingerprint density at radius 3 is 2.45 bits per heavy atom. The molecule has 0 radical (unpaired) electrons. The lowest BCUT2D eigenvalue weighted by atomic mass is 10.1. The van der Waals surface area contributed by atoms with Crippen molar-refractivity contribution in [2.75, 3.05) is 31.2 Å². The van der Waals surface area contributed by atoms with Crippen molar-refractivity contribution in [3.63, 3.8) is 0 Å². The molecule has 0 saturated heterocycles. The standard InChI is InChI=1S/C18H22N2O2/c21-13-11-20(12-14-22)18-8-6-16(7-9-18)4-5-17-3-1-2-10-19-15-17/h1-10,15,17,21-22H,11-14H2/b5-4+. The molecule has 0 saturated carbocycles. The number of allylic oxidation sites excluding steroid dienone is 4. The lowest BCUT2D eigenvalue weighted by Crippen LogP contribution is -2.29. The van der Waals surface area contributed by atoms with E-state index in [-0.39, 0.29) is 19.1 Å². The van der Waals surface area contributed by atoms with E-state index in [0.717, 1.165) is 11.3 Å². The van der Waals surface area contributed by atoms with E-state index in [1.165, 1.54) is 0 Å². The molecule has 2 N–H and O–H groups in total. The number of aliphatic hydroxyl groups is 2. The van der Waals surface area contributed by atoms with Gasteiger partial charge in [0, 0.05) is 37.1 Å². The van der Waals surface area contributed by atoms with Crippen molar-refractivity contribution in [2.24, 2.45) is 10.9 Å². The average molecular weight is 298 g/mol. The van der Waals surface area contributed by atoms with Crippen LogP contribution in [0.1, 0.15) is 5.56 Å². The maximum Gasteiger partial charge on any atom is 0.0606 e. The number of aliphatic hydroxyl groups excluding tert-OH is 2. The molecule has 1 aliphatic rings. The van der Waals surface area contributed by atoms with Gasteiger partial charge in [-0.15, -0.1) is 0 Å². The Morgan fingerprint density at radius 2 is 1.77 bits per heavy atom. The van der Waals surface area contributed by atoms with Gasteiger partial charge in [0.1, 0.15) is 0 Å². The van der Waals surface area contributed by atoms with Crippen molar-refractivity contribution in [3.8, 4) is 0 Å². The van der Waals surface area contributed by atoms with E-state index in [0.29, 0.717) is 13.1 Å². The van der Waals surface area contributed by atoms with Crippen LogP contribution in [-0.4, -0.2) is 42.7 Å². The highest BCUT2D eigenvalue weighted by Gasteiger charge is 2.04. The monoisotopic (exact) mass is 298 g/mol. The normalized spacial score (nSPS) is 17.1. The number of anilines is 1. The van der Waals surface area contributed by atoms with Crippen molar-refractivity contribution < 1.29 is 10.2 Å². The van der Waals surface area contributed by atoms with E-state index in [1.54, 1.807) is 6.20 Å². The summed E-state index contributed by atoms with van der Waals surface area (Å²) in [6.45, 7) is 1.18. The van der Waals surface area contributed by atoms with Crippen molar-refractivity contribution >= 4 is 18.0 Å². The molecule has 1 unspecified atom stereocenters. The molecule has 0 bridgehead atoms. The second-order valence-electron chi connectivity index (χ2n) is 4.99. The molecule has 1 aliphatic heterocycles. The number of rotatable bonds is 7. The number of benzene rings is 1. The minimum Gasteiger partial charge on any atom is -0.395 e. The van der Waals surface area contributed by atoms with E-state index in [2.05, 4.69) is 23.2 Å². The van der Waals surface area contributed by atoms with Crippen LogP contribution in [0, 0.1) is 5.92 Å². The molecule has 0 fully saturated rings. The van der Waals surface area contributed by atoms with Gasteiger partial charge in [0.05, 0.1) is 13.2 Å². The number of hydrogen-bond donors (Lipinski definition) is 2. The SMILES string of the molecule is OCCN(CCO)c1ccc(/C=C/C2C=CC=CN=C2)cc1. The predicted octanol–water partition coefficient (Wildman–Crippen LogP) is 2.26. The highest BCUT2D eigenvalue weighted by molar-refractivity contribution is 5.70. The molecule has 1 aromatic rings. The molecule has 1 heterocycles. The van der Waals surface area contributed by atoms with Gasteiger partial charge in [-0.1, -0.05) is 36.4 Å². The van der Waals surface area contributed by atoms with E-state index in [9.17, 15) is 0 Å². The van der Waals surface area contributed by atoms with Crippen LogP contribution < -0.4 is 4.90 Å². The summed E-state index contributed by atoms with van der Waals surface area (Å²) in [5.41, 5.74) is 2.11. The quantitative estimate of drug-likeness (QED) is 0.812. The first-order chi connectivity index (χ1) is 10.8. The smallest absolute Gasteiger partial charge is 0.0606 e. The summed E-state index contributed by atoms with van der Waals surface area (Å²) in [6, 6.07) is 8.07. The largest absolute Gasteiger partial charge is 0.395 e. The summed E-state index contributed by atoms with van der Waals surface area (Å²) in [6.07, 6.45) is 13.8. The molecule has 1 atom stereocenters. The zero-order valence-corrected chi connectivity index (χ0v) is 12.5. The summed E-state index contributed by atoms with van der Waals surface area (Å²) in [4.78, 5) is 6.13. The van der Waals surface area contributed by atoms with Crippen LogP contribution in [0.5, 0.6) is 0 Å². The molecule has 4 nitrogen and oxygen atoms in total. The maximum atomic E-state index is 9.07. The molecule has 0 aliphatic carbocycles. The van der Waals surface area contributed by atoms with Crippen LogP contribution in [0.15, 0.2) is 59.8 Å². The second kappa shape index (κ2) is 8.97. The van der Waals surface area contributed by atoms with Gasteiger partial charge < -0.3 is 15.1 Å². The third kappa shape index (κ3) is 4.98. The van der Waals surface area contributed by atoms with Gasteiger partial charge in [-0.2, -0.15) is 0 Å². The Balaban J connectivity index is 2.01. The molecule has 2 rings (SSSR count). The van der Waals surface area contributed by atoms with Crippen molar-refractivity contribution in [2.45, 2.75) is 0 Å². The average Bonchev–Trinajstić information content (AvgIpc) is 2.82. The fourth-order valence-corrected chi connectivity index (χ4v) is 2.23. The Labute approximate surface area is 131 Å². The van der Waals surface area contributed by atoms with Crippen LogP contribution in [0.3, 0.4) is 0 Å². The fourth-order valence-electron chi connectivity index (χ4n) is 2.23. The molecule has 4 heteroatoms. The summed E-state index contributed by atoms with van der Waals surface area (Å²) < 4.78 is 0. The molecule has 0 amide bonds. The first-order valence-electron chi connectivity index (χ1n) is 7.45. The molecule has 0 aromatic heterocycles. The van der Waals surface area contributed by atoms with Crippen molar-refractivity contribution in [1.29, 1.82) is 0 Å². The van der Waals surface area contributed by atoms with Crippen molar-refractivity contribution in [1.82, 2.24) is 0 Å². The van der Waals surface area contributed by atoms with Crippen molar-refractivity contribution in [3.05, 3.63) is 60.3 Å². The molecule has 0 spiro atoms. The van der Waals surface area contributed by atoms with E-state index in [4.69, 9.17) is 10.2 Å². The zero-order chi connectivity index (χ0) is 15.6. The van der Waals surface area contributed by atoms with Gasteiger partial charge >= 0.3 is 0 Å². The third-order valence-electron chi connectivity index (χ3n) is 3.38. The lowest BCUT2D eigenvalue weighted by molar-refractivity contribution is 0.281. The first-order valence-corrected chi connectivity index (χ1v) is 7.45.